The number of halogens is 1. The number of carbonyl (C=O) groups excluding carboxylic acids is 1. The predicted octanol–water partition coefficient (Wildman–Crippen LogP) is 5.34. The van der Waals surface area contributed by atoms with Crippen LogP contribution in [0.15, 0.2) is 64.9 Å². The van der Waals surface area contributed by atoms with E-state index in [0.29, 0.717) is 24.3 Å². The molecule has 0 aromatic heterocycles. The van der Waals surface area contributed by atoms with Crippen molar-refractivity contribution in [2.75, 3.05) is 7.11 Å². The molecule has 2 aromatic carbocycles. The number of nitrogens with zero attached hydrogens (tertiary/aromatic N) is 1. The molecule has 0 saturated carbocycles. The maximum absolute atomic E-state index is 12.4. The number of rotatable bonds is 10. The third-order valence-corrected chi connectivity index (χ3v) is 8.04. The number of hydrogen-bond acceptors (Lipinski definition) is 4. The number of carbonyl (C=O) groups is 1. The molecule has 1 amide bonds. The van der Waals surface area contributed by atoms with E-state index in [2.05, 4.69) is 22.6 Å². The fourth-order valence-corrected chi connectivity index (χ4v) is 5.54. The summed E-state index contributed by atoms with van der Waals surface area (Å²) >= 11 is 2.29. The lowest BCUT2D eigenvalue weighted by Gasteiger charge is -2.25. The quantitative estimate of drug-likeness (QED) is 0.295. The van der Waals surface area contributed by atoms with Crippen molar-refractivity contribution in [2.24, 2.45) is 0 Å². The van der Waals surface area contributed by atoms with Gasteiger partial charge in [0.05, 0.1) is 12.0 Å². The number of methoxy groups -OCH3 is 1. The standard InChI is InChI=1S/C24H28INO4S/c1-30-21-14-12-19(23(25)17-21)18-26-20(13-15-24(26)27)9-5-2-3-8-16-31(28,29)22-10-6-4-7-11-22/h4,6-8,10-12,14,16-17,20H,2-3,5,9,13,15,18H2,1H3/b16-8+. The topological polar surface area (TPSA) is 63.7 Å². The Kier molecular flexibility index (Phi) is 8.54. The Bertz CT molecular complexity index is 1020. The van der Waals surface area contributed by atoms with Gasteiger partial charge in [-0.2, -0.15) is 0 Å². The Morgan fingerprint density at radius 3 is 2.65 bits per heavy atom. The van der Waals surface area contributed by atoms with Crippen LogP contribution in [0.4, 0.5) is 0 Å². The van der Waals surface area contributed by atoms with E-state index in [9.17, 15) is 13.2 Å². The van der Waals surface area contributed by atoms with Gasteiger partial charge in [0.25, 0.3) is 0 Å². The molecule has 1 saturated heterocycles. The van der Waals surface area contributed by atoms with Crippen LogP contribution in [0.2, 0.25) is 0 Å². The molecule has 2 aromatic rings. The maximum atomic E-state index is 12.4. The zero-order chi connectivity index (χ0) is 22.3. The number of benzene rings is 2. The van der Waals surface area contributed by atoms with Crippen LogP contribution in [0.5, 0.6) is 5.75 Å². The first kappa shape index (κ1) is 23.8. The summed E-state index contributed by atoms with van der Waals surface area (Å²) < 4.78 is 30.9. The van der Waals surface area contributed by atoms with Crippen LogP contribution in [-0.4, -0.2) is 32.4 Å². The van der Waals surface area contributed by atoms with Crippen LogP contribution < -0.4 is 4.74 Å². The molecule has 0 radical (unpaired) electrons. The molecule has 0 spiro atoms. The largest absolute Gasteiger partial charge is 0.497 e. The molecule has 1 heterocycles. The van der Waals surface area contributed by atoms with Gasteiger partial charge in [-0.1, -0.05) is 36.8 Å². The van der Waals surface area contributed by atoms with Crippen molar-refractivity contribution in [1.29, 1.82) is 0 Å². The lowest BCUT2D eigenvalue weighted by molar-refractivity contribution is -0.129. The summed E-state index contributed by atoms with van der Waals surface area (Å²) in [6.07, 6.45) is 6.75. The molecule has 7 heteroatoms. The fourth-order valence-electron chi connectivity index (χ4n) is 3.80. The summed E-state index contributed by atoms with van der Waals surface area (Å²) in [6.45, 7) is 0.626. The van der Waals surface area contributed by atoms with Crippen molar-refractivity contribution in [2.45, 2.75) is 56.0 Å². The lowest BCUT2D eigenvalue weighted by Crippen LogP contribution is -2.32. The van der Waals surface area contributed by atoms with Crippen LogP contribution in [-0.2, 0) is 21.2 Å². The minimum atomic E-state index is -3.37. The van der Waals surface area contributed by atoms with Gasteiger partial charge in [0.2, 0.25) is 5.91 Å². The Hall–Kier alpha value is -1.87. The second kappa shape index (κ2) is 11.1. The molecular weight excluding hydrogens is 525 g/mol. The van der Waals surface area contributed by atoms with E-state index < -0.39 is 9.84 Å². The first-order chi connectivity index (χ1) is 14.9. The first-order valence-corrected chi connectivity index (χ1v) is 13.1. The zero-order valence-electron chi connectivity index (χ0n) is 17.7. The van der Waals surface area contributed by atoms with Gasteiger partial charge in [0.15, 0.2) is 9.84 Å². The zero-order valence-corrected chi connectivity index (χ0v) is 20.6. The number of unbranched alkanes of at least 4 members (excludes halogenated alkanes) is 2. The van der Waals surface area contributed by atoms with Crippen molar-refractivity contribution >= 4 is 38.3 Å². The van der Waals surface area contributed by atoms with Gasteiger partial charge in [-0.25, -0.2) is 8.42 Å². The van der Waals surface area contributed by atoms with Gasteiger partial charge >= 0.3 is 0 Å². The van der Waals surface area contributed by atoms with E-state index in [1.807, 2.05) is 23.1 Å². The number of allylic oxidation sites excluding steroid dienone is 1. The molecule has 1 aliphatic rings. The van der Waals surface area contributed by atoms with Gasteiger partial charge in [0, 0.05) is 28.0 Å². The molecule has 1 aliphatic heterocycles. The van der Waals surface area contributed by atoms with E-state index in [-0.39, 0.29) is 11.9 Å². The van der Waals surface area contributed by atoms with Crippen molar-refractivity contribution < 1.29 is 17.9 Å². The molecule has 0 N–H and O–H groups in total. The van der Waals surface area contributed by atoms with Crippen LogP contribution in [0.25, 0.3) is 0 Å². The highest BCUT2D eigenvalue weighted by atomic mass is 127. The van der Waals surface area contributed by atoms with Gasteiger partial charge < -0.3 is 9.64 Å². The van der Waals surface area contributed by atoms with Crippen molar-refractivity contribution in [3.63, 3.8) is 0 Å². The lowest BCUT2D eigenvalue weighted by atomic mass is 10.1. The van der Waals surface area contributed by atoms with Crippen LogP contribution in [0.1, 0.15) is 44.1 Å². The number of likely N-dealkylation sites (tertiary alicyclic amines) is 1. The average molecular weight is 553 g/mol. The number of hydrogen-bond donors (Lipinski definition) is 0. The van der Waals surface area contributed by atoms with Crippen LogP contribution >= 0.6 is 22.6 Å². The van der Waals surface area contributed by atoms with Crippen LogP contribution in [0, 0.1) is 3.57 Å². The van der Waals surface area contributed by atoms with Crippen molar-refractivity contribution in [3.05, 3.63) is 69.1 Å². The molecule has 0 bridgehead atoms. The van der Waals surface area contributed by atoms with E-state index in [1.54, 1.807) is 43.5 Å². The second-order valence-corrected chi connectivity index (χ2v) is 10.7. The van der Waals surface area contributed by atoms with Gasteiger partial charge in [-0.15, -0.1) is 0 Å². The number of amides is 1. The molecule has 1 unspecified atom stereocenters. The summed E-state index contributed by atoms with van der Waals surface area (Å²) in [4.78, 5) is 14.7. The normalized spacial score (nSPS) is 16.9. The monoisotopic (exact) mass is 553 g/mol. The first-order valence-electron chi connectivity index (χ1n) is 10.5. The number of ether oxygens (including phenoxy) is 1. The minimum Gasteiger partial charge on any atom is -0.497 e. The molecule has 31 heavy (non-hydrogen) atoms. The fraction of sp³-hybridized carbons (Fsp3) is 0.375. The Labute approximate surface area is 198 Å². The molecular formula is C24H28INO4S. The highest BCUT2D eigenvalue weighted by Gasteiger charge is 2.30. The second-order valence-electron chi connectivity index (χ2n) is 7.69. The van der Waals surface area contributed by atoms with Crippen molar-refractivity contribution in [1.82, 2.24) is 4.90 Å². The van der Waals surface area contributed by atoms with Gasteiger partial charge in [-0.05, 0) is 78.1 Å². The summed E-state index contributed by atoms with van der Waals surface area (Å²) in [5.74, 6) is 1.03. The molecule has 3 rings (SSSR count). The third kappa shape index (κ3) is 6.55. The summed E-state index contributed by atoms with van der Waals surface area (Å²) in [5, 5.41) is 1.30. The molecule has 1 fully saturated rings. The third-order valence-electron chi connectivity index (χ3n) is 5.56. The van der Waals surface area contributed by atoms with E-state index in [4.69, 9.17) is 4.74 Å². The summed E-state index contributed by atoms with van der Waals surface area (Å²) in [5.41, 5.74) is 1.13. The van der Waals surface area contributed by atoms with Crippen LogP contribution in [0.3, 0.4) is 0 Å². The van der Waals surface area contributed by atoms with Gasteiger partial charge in [0.1, 0.15) is 5.75 Å². The van der Waals surface area contributed by atoms with E-state index >= 15 is 0 Å². The van der Waals surface area contributed by atoms with Gasteiger partial charge in [-0.3, -0.25) is 4.79 Å². The highest BCUT2D eigenvalue weighted by Crippen LogP contribution is 2.28. The van der Waals surface area contributed by atoms with E-state index in [1.165, 1.54) is 5.41 Å². The summed E-state index contributed by atoms with van der Waals surface area (Å²) in [7, 11) is -1.72. The predicted molar refractivity (Wildman–Crippen MR) is 131 cm³/mol. The molecule has 5 nitrogen and oxygen atoms in total. The smallest absolute Gasteiger partial charge is 0.223 e. The Balaban J connectivity index is 1.48. The van der Waals surface area contributed by atoms with E-state index in [0.717, 1.165) is 40.6 Å². The highest BCUT2D eigenvalue weighted by molar-refractivity contribution is 14.1. The molecule has 166 valence electrons. The van der Waals surface area contributed by atoms with Crippen molar-refractivity contribution in [3.8, 4) is 5.75 Å². The minimum absolute atomic E-state index is 0.213. The Morgan fingerprint density at radius 2 is 1.94 bits per heavy atom. The number of sulfone groups is 1. The Morgan fingerprint density at radius 1 is 1.16 bits per heavy atom. The summed E-state index contributed by atoms with van der Waals surface area (Å²) in [6, 6.07) is 14.7. The molecule has 0 aliphatic carbocycles. The average Bonchev–Trinajstić information content (AvgIpc) is 3.11. The maximum Gasteiger partial charge on any atom is 0.223 e. The molecule has 1 atom stereocenters. The SMILES string of the molecule is COc1ccc(CN2C(=O)CCC2CCCC/C=C/S(=O)(=O)c2ccccc2)c(I)c1.